The van der Waals surface area contributed by atoms with Gasteiger partial charge in [-0.1, -0.05) is 0 Å². The van der Waals surface area contributed by atoms with E-state index in [4.69, 9.17) is 5.73 Å². The number of nitrogens with zero attached hydrogens (tertiary/aromatic N) is 5. The highest BCUT2D eigenvalue weighted by Crippen LogP contribution is 2.22. The van der Waals surface area contributed by atoms with Crippen molar-refractivity contribution in [1.29, 1.82) is 0 Å². The van der Waals surface area contributed by atoms with Gasteiger partial charge in [0.15, 0.2) is 0 Å². The zero-order valence-electron chi connectivity index (χ0n) is 16.4. The van der Waals surface area contributed by atoms with Crippen molar-refractivity contribution in [1.82, 2.24) is 24.8 Å². The molecule has 3 N–H and O–H groups in total. The predicted octanol–water partition coefficient (Wildman–Crippen LogP) is 2.31. The largest absolute Gasteiger partial charge is 0.368 e. The molecule has 0 bridgehead atoms. The molecular weight excluding hydrogens is 373 g/mol. The van der Waals surface area contributed by atoms with Gasteiger partial charge in [0.25, 0.3) is 0 Å². The zero-order chi connectivity index (χ0) is 20.2. The SMILES string of the molecule is Nc1nc(CN2CCCC(N3CCCCC3=O)C2)nc(Nc2ccc(F)cc2)n1. The Labute approximate surface area is 169 Å². The van der Waals surface area contributed by atoms with Crippen molar-refractivity contribution in [3.05, 3.63) is 35.9 Å². The van der Waals surface area contributed by atoms with Crippen molar-refractivity contribution in [2.75, 3.05) is 30.7 Å². The van der Waals surface area contributed by atoms with Gasteiger partial charge in [0, 0.05) is 31.2 Å². The highest BCUT2D eigenvalue weighted by molar-refractivity contribution is 5.77. The van der Waals surface area contributed by atoms with E-state index in [-0.39, 0.29) is 23.7 Å². The molecule has 0 aliphatic carbocycles. The van der Waals surface area contributed by atoms with Gasteiger partial charge in [-0.2, -0.15) is 15.0 Å². The van der Waals surface area contributed by atoms with Crippen molar-refractivity contribution < 1.29 is 9.18 Å². The van der Waals surface area contributed by atoms with Gasteiger partial charge in [0.2, 0.25) is 17.8 Å². The average molecular weight is 399 g/mol. The molecule has 1 amide bonds. The lowest BCUT2D eigenvalue weighted by molar-refractivity contribution is -0.137. The number of nitrogens with one attached hydrogen (secondary N) is 1. The van der Waals surface area contributed by atoms with E-state index in [9.17, 15) is 9.18 Å². The van der Waals surface area contributed by atoms with Gasteiger partial charge in [0.1, 0.15) is 11.6 Å². The first kappa shape index (κ1) is 19.5. The normalized spacial score (nSPS) is 20.7. The monoisotopic (exact) mass is 399 g/mol. The molecule has 2 aliphatic rings. The number of rotatable bonds is 5. The number of aromatic nitrogens is 3. The molecule has 2 fully saturated rings. The van der Waals surface area contributed by atoms with Gasteiger partial charge in [-0.25, -0.2) is 4.39 Å². The Kier molecular flexibility index (Phi) is 5.84. The second kappa shape index (κ2) is 8.69. The van der Waals surface area contributed by atoms with Crippen LogP contribution in [0.5, 0.6) is 0 Å². The molecule has 1 aromatic carbocycles. The minimum absolute atomic E-state index is 0.138. The zero-order valence-corrected chi connectivity index (χ0v) is 16.4. The summed E-state index contributed by atoms with van der Waals surface area (Å²) >= 11 is 0. The number of nitrogens with two attached hydrogens (primary N) is 1. The van der Waals surface area contributed by atoms with Crippen molar-refractivity contribution in [3.63, 3.8) is 0 Å². The van der Waals surface area contributed by atoms with Crippen LogP contribution in [0.2, 0.25) is 0 Å². The Bertz CT molecular complexity index is 860. The van der Waals surface area contributed by atoms with E-state index in [1.165, 1.54) is 12.1 Å². The standard InChI is InChI=1S/C20H26FN7O/c21-14-6-8-15(9-7-14)23-20-25-17(24-19(22)26-20)13-27-10-3-4-16(12-27)28-11-2-1-5-18(28)29/h6-9,16H,1-5,10-13H2,(H3,22,23,24,25,26). The highest BCUT2D eigenvalue weighted by Gasteiger charge is 2.30. The summed E-state index contributed by atoms with van der Waals surface area (Å²) in [5.41, 5.74) is 6.54. The molecule has 9 heteroatoms. The van der Waals surface area contributed by atoms with E-state index >= 15 is 0 Å². The fourth-order valence-corrected chi connectivity index (χ4v) is 4.07. The first-order valence-electron chi connectivity index (χ1n) is 10.1. The first-order chi connectivity index (χ1) is 14.1. The molecule has 2 saturated heterocycles. The summed E-state index contributed by atoms with van der Waals surface area (Å²) in [4.78, 5) is 29.5. The number of hydrogen-bond donors (Lipinski definition) is 2. The molecule has 8 nitrogen and oxygen atoms in total. The van der Waals surface area contributed by atoms with E-state index in [1.807, 2.05) is 0 Å². The van der Waals surface area contributed by atoms with E-state index in [2.05, 4.69) is 30.1 Å². The molecule has 1 atom stereocenters. The van der Waals surface area contributed by atoms with E-state index in [1.54, 1.807) is 12.1 Å². The fourth-order valence-electron chi connectivity index (χ4n) is 4.07. The van der Waals surface area contributed by atoms with Crippen LogP contribution in [0.1, 0.15) is 37.9 Å². The number of hydrogen-bond acceptors (Lipinski definition) is 7. The van der Waals surface area contributed by atoms with Gasteiger partial charge < -0.3 is 16.0 Å². The van der Waals surface area contributed by atoms with E-state index in [0.717, 1.165) is 45.3 Å². The molecule has 2 aliphatic heterocycles. The molecule has 0 radical (unpaired) electrons. The summed E-state index contributed by atoms with van der Waals surface area (Å²) in [6.07, 6.45) is 4.83. The highest BCUT2D eigenvalue weighted by atomic mass is 19.1. The molecule has 29 heavy (non-hydrogen) atoms. The number of nitrogen functional groups attached to an aromatic ring is 1. The van der Waals surface area contributed by atoms with Crippen LogP contribution in [0.15, 0.2) is 24.3 Å². The minimum atomic E-state index is -0.307. The number of carbonyl (C=O) groups is 1. The van der Waals surface area contributed by atoms with Gasteiger partial charge in [-0.05, 0) is 56.5 Å². The number of amides is 1. The Balaban J connectivity index is 1.42. The van der Waals surface area contributed by atoms with Crippen molar-refractivity contribution in [3.8, 4) is 0 Å². The Morgan fingerprint density at radius 1 is 1.10 bits per heavy atom. The lowest BCUT2D eigenvalue weighted by Crippen LogP contribution is -2.51. The second-order valence-electron chi connectivity index (χ2n) is 7.64. The third-order valence-electron chi connectivity index (χ3n) is 5.45. The van der Waals surface area contributed by atoms with E-state index in [0.29, 0.717) is 30.4 Å². The molecule has 0 saturated carbocycles. The van der Waals surface area contributed by atoms with Crippen molar-refractivity contribution in [2.45, 2.75) is 44.7 Å². The van der Waals surface area contributed by atoms with Crippen LogP contribution in [0, 0.1) is 5.82 Å². The Morgan fingerprint density at radius 3 is 2.72 bits per heavy atom. The van der Waals surface area contributed by atoms with Gasteiger partial charge in [-0.15, -0.1) is 0 Å². The van der Waals surface area contributed by atoms with Crippen LogP contribution in [0.3, 0.4) is 0 Å². The molecular formula is C20H26FN7O. The van der Waals surface area contributed by atoms with Gasteiger partial charge >= 0.3 is 0 Å². The Hall–Kier alpha value is -2.81. The van der Waals surface area contributed by atoms with Crippen LogP contribution in [-0.2, 0) is 11.3 Å². The summed E-state index contributed by atoms with van der Waals surface area (Å²) < 4.78 is 13.1. The van der Waals surface area contributed by atoms with Crippen LogP contribution >= 0.6 is 0 Å². The fraction of sp³-hybridized carbons (Fsp3) is 0.500. The number of carbonyl (C=O) groups excluding carboxylic acids is 1. The summed E-state index contributed by atoms with van der Waals surface area (Å²) in [6, 6.07) is 6.21. The lowest BCUT2D eigenvalue weighted by Gasteiger charge is -2.40. The maximum atomic E-state index is 13.1. The number of halogens is 1. The third kappa shape index (κ3) is 4.97. The molecule has 1 aromatic heterocycles. The van der Waals surface area contributed by atoms with E-state index < -0.39 is 0 Å². The smallest absolute Gasteiger partial charge is 0.232 e. The quantitative estimate of drug-likeness (QED) is 0.796. The summed E-state index contributed by atoms with van der Waals surface area (Å²) in [7, 11) is 0. The van der Waals surface area contributed by atoms with Crippen LogP contribution in [0.4, 0.5) is 22.0 Å². The average Bonchev–Trinajstić information content (AvgIpc) is 2.70. The second-order valence-corrected chi connectivity index (χ2v) is 7.64. The van der Waals surface area contributed by atoms with Crippen LogP contribution in [0.25, 0.3) is 0 Å². The van der Waals surface area contributed by atoms with Gasteiger partial charge in [-0.3, -0.25) is 9.69 Å². The topological polar surface area (TPSA) is 100 Å². The van der Waals surface area contributed by atoms with Crippen molar-refractivity contribution in [2.24, 2.45) is 0 Å². The predicted molar refractivity (Wildman–Crippen MR) is 108 cm³/mol. The molecule has 0 spiro atoms. The maximum absolute atomic E-state index is 13.1. The molecule has 2 aromatic rings. The number of likely N-dealkylation sites (tertiary alicyclic amines) is 2. The number of anilines is 3. The van der Waals surface area contributed by atoms with Crippen LogP contribution in [-0.4, -0.2) is 56.3 Å². The number of benzene rings is 1. The number of piperidine rings is 2. The van der Waals surface area contributed by atoms with Crippen molar-refractivity contribution >= 4 is 23.5 Å². The summed E-state index contributed by atoms with van der Waals surface area (Å²) in [5, 5.41) is 3.04. The minimum Gasteiger partial charge on any atom is -0.368 e. The van der Waals surface area contributed by atoms with Gasteiger partial charge in [0.05, 0.1) is 6.54 Å². The third-order valence-corrected chi connectivity index (χ3v) is 5.45. The lowest BCUT2D eigenvalue weighted by atomic mass is 10.0. The summed E-state index contributed by atoms with van der Waals surface area (Å²) in [5.74, 6) is 1.02. The first-order valence-corrected chi connectivity index (χ1v) is 10.1. The molecule has 3 heterocycles. The molecule has 4 rings (SSSR count). The molecule has 1 unspecified atom stereocenters. The van der Waals surface area contributed by atoms with Crippen LogP contribution < -0.4 is 11.1 Å². The molecule has 154 valence electrons. The maximum Gasteiger partial charge on any atom is 0.232 e. The summed E-state index contributed by atoms with van der Waals surface area (Å²) in [6.45, 7) is 3.16. The Morgan fingerprint density at radius 2 is 1.93 bits per heavy atom.